The summed E-state index contributed by atoms with van der Waals surface area (Å²) in [4.78, 5) is 23.5. The summed E-state index contributed by atoms with van der Waals surface area (Å²) >= 11 is 3.42. The van der Waals surface area contributed by atoms with E-state index in [1.54, 1.807) is 17.7 Å². The number of carbonyl (C=O) groups is 1. The molecule has 104 valence electrons. The van der Waals surface area contributed by atoms with Crippen LogP contribution in [-0.4, -0.2) is 10.5 Å². The highest BCUT2D eigenvalue weighted by Crippen LogP contribution is 2.17. The van der Waals surface area contributed by atoms with E-state index < -0.39 is 5.91 Å². The molecule has 0 aliphatic carbocycles. The summed E-state index contributed by atoms with van der Waals surface area (Å²) < 4.78 is 2.38. The average molecular weight is 335 g/mol. The maximum Gasteiger partial charge on any atom is 0.254 e. The van der Waals surface area contributed by atoms with Gasteiger partial charge in [0, 0.05) is 16.2 Å². The van der Waals surface area contributed by atoms with Crippen molar-refractivity contribution in [2.45, 2.75) is 19.9 Å². The quantitative estimate of drug-likeness (QED) is 0.929. The van der Waals surface area contributed by atoms with Crippen molar-refractivity contribution < 1.29 is 4.79 Å². The fraction of sp³-hybridized carbons (Fsp3) is 0.200. The minimum absolute atomic E-state index is 0.0428. The highest BCUT2D eigenvalue weighted by Gasteiger charge is 2.13. The van der Waals surface area contributed by atoms with Crippen LogP contribution < -0.4 is 11.3 Å². The molecular formula is C15H15BrN2O2. The minimum atomic E-state index is -0.505. The Kier molecular flexibility index (Phi) is 4.39. The van der Waals surface area contributed by atoms with Crippen LogP contribution in [0.2, 0.25) is 0 Å². The van der Waals surface area contributed by atoms with Gasteiger partial charge in [-0.15, -0.1) is 0 Å². The molecule has 5 heteroatoms. The van der Waals surface area contributed by atoms with E-state index in [1.165, 1.54) is 0 Å². The number of amides is 1. The third-order valence-corrected chi connectivity index (χ3v) is 3.95. The first-order valence-corrected chi connectivity index (χ1v) is 6.99. The van der Waals surface area contributed by atoms with Gasteiger partial charge >= 0.3 is 0 Å². The largest absolute Gasteiger partial charge is 0.369 e. The second-order valence-electron chi connectivity index (χ2n) is 4.64. The standard InChI is InChI=1S/C15H15BrN2O2/c1-10-12(7-14(17)19)15(20)18(9-13(10)16)8-11-5-3-2-4-6-11/h2-6,9H,7-8H2,1H3,(H2,17,19). The van der Waals surface area contributed by atoms with Gasteiger partial charge in [-0.3, -0.25) is 9.59 Å². The zero-order valence-electron chi connectivity index (χ0n) is 11.1. The third-order valence-electron chi connectivity index (χ3n) is 3.15. The molecule has 0 spiro atoms. The van der Waals surface area contributed by atoms with Gasteiger partial charge in [-0.1, -0.05) is 30.3 Å². The van der Waals surface area contributed by atoms with Gasteiger partial charge in [0.05, 0.1) is 13.0 Å². The van der Waals surface area contributed by atoms with Crippen molar-refractivity contribution in [2.75, 3.05) is 0 Å². The van der Waals surface area contributed by atoms with Gasteiger partial charge in [0.1, 0.15) is 0 Å². The van der Waals surface area contributed by atoms with Crippen molar-refractivity contribution in [3.8, 4) is 0 Å². The van der Waals surface area contributed by atoms with Crippen LogP contribution in [0.1, 0.15) is 16.7 Å². The monoisotopic (exact) mass is 334 g/mol. The lowest BCUT2D eigenvalue weighted by atomic mass is 10.1. The molecule has 0 bridgehead atoms. The van der Waals surface area contributed by atoms with Crippen LogP contribution in [0.5, 0.6) is 0 Å². The number of aromatic nitrogens is 1. The van der Waals surface area contributed by atoms with Crippen LogP contribution in [-0.2, 0) is 17.8 Å². The van der Waals surface area contributed by atoms with Crippen molar-refractivity contribution in [3.63, 3.8) is 0 Å². The molecule has 2 N–H and O–H groups in total. The molecule has 0 saturated heterocycles. The Morgan fingerprint density at radius 1 is 1.30 bits per heavy atom. The van der Waals surface area contributed by atoms with Crippen LogP contribution in [0.3, 0.4) is 0 Å². The summed E-state index contributed by atoms with van der Waals surface area (Å²) in [5, 5.41) is 0. The molecule has 0 atom stereocenters. The van der Waals surface area contributed by atoms with E-state index in [4.69, 9.17) is 5.73 Å². The normalized spacial score (nSPS) is 10.5. The van der Waals surface area contributed by atoms with Crippen molar-refractivity contribution in [1.29, 1.82) is 0 Å². The summed E-state index contributed by atoms with van der Waals surface area (Å²) in [5.74, 6) is -0.505. The van der Waals surface area contributed by atoms with E-state index in [0.717, 1.165) is 15.6 Å². The molecule has 0 unspecified atom stereocenters. The molecule has 1 aromatic carbocycles. The number of hydrogen-bond acceptors (Lipinski definition) is 2. The second-order valence-corrected chi connectivity index (χ2v) is 5.50. The summed E-state index contributed by atoms with van der Waals surface area (Å²) in [5.41, 5.74) is 7.27. The molecule has 20 heavy (non-hydrogen) atoms. The first-order valence-electron chi connectivity index (χ1n) is 6.19. The summed E-state index contributed by atoms with van der Waals surface area (Å²) in [6.07, 6.45) is 1.70. The molecule has 2 aromatic rings. The Labute approximate surface area is 125 Å². The molecule has 1 heterocycles. The first kappa shape index (κ1) is 14.5. The lowest BCUT2D eigenvalue weighted by Gasteiger charge is -2.12. The zero-order chi connectivity index (χ0) is 14.7. The molecular weight excluding hydrogens is 320 g/mol. The Morgan fingerprint density at radius 3 is 2.55 bits per heavy atom. The molecule has 0 aliphatic heterocycles. The molecule has 0 fully saturated rings. The van der Waals surface area contributed by atoms with Crippen LogP contribution in [0, 0.1) is 6.92 Å². The number of pyridine rings is 1. The number of hydrogen-bond donors (Lipinski definition) is 1. The molecule has 0 radical (unpaired) electrons. The van der Waals surface area contributed by atoms with Crippen molar-refractivity contribution in [2.24, 2.45) is 5.73 Å². The molecule has 0 aliphatic rings. The number of nitrogens with two attached hydrogens (primary N) is 1. The Bertz CT molecular complexity index is 693. The number of halogens is 1. The smallest absolute Gasteiger partial charge is 0.254 e. The summed E-state index contributed by atoms with van der Waals surface area (Å²) in [6, 6.07) is 9.68. The van der Waals surface area contributed by atoms with Gasteiger partial charge < -0.3 is 10.3 Å². The maximum absolute atomic E-state index is 12.4. The lowest BCUT2D eigenvalue weighted by Crippen LogP contribution is -2.28. The number of carbonyl (C=O) groups excluding carboxylic acids is 1. The lowest BCUT2D eigenvalue weighted by molar-refractivity contribution is -0.117. The van der Waals surface area contributed by atoms with Gasteiger partial charge in [-0.05, 0) is 34.0 Å². The maximum atomic E-state index is 12.4. The summed E-state index contributed by atoms with van der Waals surface area (Å²) in [6.45, 7) is 2.26. The summed E-state index contributed by atoms with van der Waals surface area (Å²) in [7, 11) is 0. The molecule has 1 amide bonds. The van der Waals surface area contributed by atoms with Gasteiger partial charge in [-0.2, -0.15) is 0 Å². The molecule has 4 nitrogen and oxygen atoms in total. The predicted molar refractivity (Wildman–Crippen MR) is 81.6 cm³/mol. The van der Waals surface area contributed by atoms with E-state index in [-0.39, 0.29) is 12.0 Å². The number of rotatable bonds is 4. The highest BCUT2D eigenvalue weighted by molar-refractivity contribution is 9.10. The number of nitrogens with zero attached hydrogens (tertiary/aromatic N) is 1. The fourth-order valence-electron chi connectivity index (χ4n) is 2.05. The van der Waals surface area contributed by atoms with Crippen molar-refractivity contribution in [3.05, 3.63) is 68.0 Å². The van der Waals surface area contributed by atoms with Gasteiger partial charge in [0.25, 0.3) is 5.56 Å². The molecule has 2 rings (SSSR count). The first-order chi connectivity index (χ1) is 9.49. The highest BCUT2D eigenvalue weighted by atomic mass is 79.9. The van der Waals surface area contributed by atoms with E-state index in [2.05, 4.69) is 15.9 Å². The Hall–Kier alpha value is -1.88. The van der Waals surface area contributed by atoms with Crippen LogP contribution in [0.25, 0.3) is 0 Å². The molecule has 1 aromatic heterocycles. The van der Waals surface area contributed by atoms with E-state index in [0.29, 0.717) is 12.1 Å². The van der Waals surface area contributed by atoms with Crippen molar-refractivity contribution >= 4 is 21.8 Å². The predicted octanol–water partition coefficient (Wildman–Crippen LogP) is 2.00. The molecule has 0 saturated carbocycles. The van der Waals surface area contributed by atoms with E-state index in [1.807, 2.05) is 30.3 Å². The van der Waals surface area contributed by atoms with Gasteiger partial charge in [-0.25, -0.2) is 0 Å². The van der Waals surface area contributed by atoms with Crippen LogP contribution in [0.4, 0.5) is 0 Å². The van der Waals surface area contributed by atoms with E-state index in [9.17, 15) is 9.59 Å². The zero-order valence-corrected chi connectivity index (χ0v) is 12.7. The Morgan fingerprint density at radius 2 is 1.95 bits per heavy atom. The average Bonchev–Trinajstić information content (AvgIpc) is 2.42. The number of benzene rings is 1. The second kappa shape index (κ2) is 6.05. The third kappa shape index (κ3) is 3.17. The van der Waals surface area contributed by atoms with E-state index >= 15 is 0 Å². The SMILES string of the molecule is Cc1c(Br)cn(Cc2ccccc2)c(=O)c1CC(N)=O. The number of primary amides is 1. The fourth-order valence-corrected chi connectivity index (χ4v) is 2.54. The van der Waals surface area contributed by atoms with Crippen molar-refractivity contribution in [1.82, 2.24) is 4.57 Å². The van der Waals surface area contributed by atoms with Crippen LogP contribution >= 0.6 is 15.9 Å². The van der Waals surface area contributed by atoms with Gasteiger partial charge in [0.2, 0.25) is 5.91 Å². The van der Waals surface area contributed by atoms with Crippen LogP contribution in [0.15, 0.2) is 45.8 Å². The Balaban J connectivity index is 2.47. The topological polar surface area (TPSA) is 65.1 Å². The minimum Gasteiger partial charge on any atom is -0.369 e. The van der Waals surface area contributed by atoms with Gasteiger partial charge in [0.15, 0.2) is 0 Å².